The van der Waals surface area contributed by atoms with Gasteiger partial charge in [-0.3, -0.25) is 0 Å². The molecule has 0 aromatic rings. The lowest BCUT2D eigenvalue weighted by molar-refractivity contribution is 0.00117. The number of alkyl halides is 2. The van der Waals surface area contributed by atoms with Crippen LogP contribution < -0.4 is 0 Å². The summed E-state index contributed by atoms with van der Waals surface area (Å²) in [7, 11) is -0.914. The molecule has 1 amide bonds. The number of likely N-dealkylation sites (tertiary alicyclic amines) is 1. The smallest absolute Gasteiger partial charge is 0.444 e. The monoisotopic (exact) mass is 373 g/mol. The number of nitrogens with zero attached hydrogens (tertiary/aromatic N) is 1. The van der Waals surface area contributed by atoms with E-state index in [9.17, 15) is 13.6 Å². The van der Waals surface area contributed by atoms with E-state index in [4.69, 9.17) is 14.0 Å². The first kappa shape index (κ1) is 19.9. The number of carbonyl (C=O) groups excluding carboxylic acids is 1. The van der Waals surface area contributed by atoms with Crippen molar-refractivity contribution in [1.29, 1.82) is 0 Å². The summed E-state index contributed by atoms with van der Waals surface area (Å²) in [6.45, 7) is 13.4. The summed E-state index contributed by atoms with van der Waals surface area (Å²) in [4.78, 5) is 13.7. The maximum Gasteiger partial charge on any atom is 0.468 e. The Morgan fingerprint density at radius 1 is 1.08 bits per heavy atom. The second-order valence-corrected chi connectivity index (χ2v) is 9.85. The summed E-state index contributed by atoms with van der Waals surface area (Å²) in [5.41, 5.74) is -3.00. The molecule has 0 aromatic carbocycles. The number of ether oxygens (including phenoxy) is 1. The van der Waals surface area contributed by atoms with Gasteiger partial charge in [0.25, 0.3) is 5.92 Å². The third-order valence-electron chi connectivity index (χ3n) is 6.42. The summed E-state index contributed by atoms with van der Waals surface area (Å²) in [6.07, 6.45) is 0.0191. The number of rotatable bonds is 1. The predicted octanol–water partition coefficient (Wildman–Crippen LogP) is 4.12. The zero-order valence-corrected chi connectivity index (χ0v) is 16.8. The lowest BCUT2D eigenvalue weighted by Crippen LogP contribution is -2.43. The fraction of sp³-hybridized carbons (Fsp3) is 0.944. The van der Waals surface area contributed by atoms with Gasteiger partial charge in [0.1, 0.15) is 5.60 Å². The molecule has 2 heterocycles. The van der Waals surface area contributed by atoms with E-state index in [2.05, 4.69) is 0 Å². The fourth-order valence-corrected chi connectivity index (χ4v) is 4.06. The van der Waals surface area contributed by atoms with E-state index in [1.54, 1.807) is 20.8 Å². The van der Waals surface area contributed by atoms with Crippen LogP contribution in [0.15, 0.2) is 0 Å². The van der Waals surface area contributed by atoms with Crippen LogP contribution in [0.25, 0.3) is 0 Å². The van der Waals surface area contributed by atoms with Crippen molar-refractivity contribution in [3.63, 3.8) is 0 Å². The van der Waals surface area contributed by atoms with Crippen LogP contribution in [0.4, 0.5) is 13.6 Å². The van der Waals surface area contributed by atoms with Crippen molar-refractivity contribution in [3.05, 3.63) is 0 Å². The molecule has 1 saturated carbocycles. The Bertz CT molecular complexity index is 578. The number of hydrogen-bond acceptors (Lipinski definition) is 4. The molecule has 0 aromatic heterocycles. The highest BCUT2D eigenvalue weighted by Gasteiger charge is 2.85. The van der Waals surface area contributed by atoms with Crippen molar-refractivity contribution in [3.8, 4) is 0 Å². The van der Waals surface area contributed by atoms with Crippen LogP contribution in [-0.2, 0) is 14.0 Å². The van der Waals surface area contributed by atoms with Gasteiger partial charge in [0, 0.05) is 18.5 Å². The van der Waals surface area contributed by atoms with Crippen molar-refractivity contribution in [2.45, 2.75) is 89.9 Å². The zero-order chi connectivity index (χ0) is 19.8. The Balaban J connectivity index is 1.67. The predicted molar refractivity (Wildman–Crippen MR) is 94.3 cm³/mol. The van der Waals surface area contributed by atoms with Crippen LogP contribution in [0, 0.1) is 5.41 Å². The molecule has 1 atom stereocenters. The van der Waals surface area contributed by atoms with Crippen molar-refractivity contribution < 1.29 is 27.6 Å². The Kier molecular flexibility index (Phi) is 4.25. The second-order valence-electron chi connectivity index (χ2n) is 9.85. The highest BCUT2D eigenvalue weighted by molar-refractivity contribution is 6.49. The highest BCUT2D eigenvalue weighted by atomic mass is 19.3. The molecule has 3 rings (SSSR count). The molecule has 1 aliphatic carbocycles. The topological polar surface area (TPSA) is 48.0 Å². The molecule has 1 spiro atoms. The minimum Gasteiger partial charge on any atom is -0.444 e. The molecule has 2 aliphatic heterocycles. The summed E-state index contributed by atoms with van der Waals surface area (Å²) in [5, 5.41) is 0. The first-order chi connectivity index (χ1) is 11.6. The molecule has 8 heteroatoms. The summed E-state index contributed by atoms with van der Waals surface area (Å²) < 4.78 is 46.7. The van der Waals surface area contributed by atoms with Gasteiger partial charge in [-0.05, 0) is 61.3 Å². The first-order valence-electron chi connectivity index (χ1n) is 9.34. The molecule has 0 N–H and O–H groups in total. The molecule has 1 unspecified atom stereocenters. The van der Waals surface area contributed by atoms with Gasteiger partial charge < -0.3 is 18.9 Å². The third-order valence-corrected chi connectivity index (χ3v) is 6.42. The largest absolute Gasteiger partial charge is 0.468 e. The molecule has 148 valence electrons. The molecule has 5 nitrogen and oxygen atoms in total. The second kappa shape index (κ2) is 5.57. The van der Waals surface area contributed by atoms with Gasteiger partial charge in [0.15, 0.2) is 0 Å². The van der Waals surface area contributed by atoms with Crippen LogP contribution in [0.3, 0.4) is 0 Å². The summed E-state index contributed by atoms with van der Waals surface area (Å²) >= 11 is 0. The number of halogens is 2. The molecule has 3 aliphatic rings. The Hall–Kier alpha value is -0.885. The van der Waals surface area contributed by atoms with E-state index in [1.807, 2.05) is 27.7 Å². The molecule has 0 radical (unpaired) electrons. The van der Waals surface area contributed by atoms with Crippen molar-refractivity contribution >= 4 is 13.2 Å². The van der Waals surface area contributed by atoms with Crippen LogP contribution in [0.5, 0.6) is 0 Å². The Morgan fingerprint density at radius 2 is 1.54 bits per heavy atom. The average Bonchev–Trinajstić information content (AvgIpc) is 2.79. The minimum absolute atomic E-state index is 0.230. The van der Waals surface area contributed by atoms with E-state index < -0.39 is 47.2 Å². The van der Waals surface area contributed by atoms with Crippen molar-refractivity contribution in [1.82, 2.24) is 4.90 Å². The number of carbonyl (C=O) groups is 1. The van der Waals surface area contributed by atoms with Gasteiger partial charge in [-0.1, -0.05) is 0 Å². The number of hydrogen-bond donors (Lipinski definition) is 0. The van der Waals surface area contributed by atoms with E-state index in [0.717, 1.165) is 0 Å². The molecule has 2 saturated heterocycles. The molecular formula is C18H30BF2NO4. The Labute approximate surface area is 154 Å². The summed E-state index contributed by atoms with van der Waals surface area (Å²) in [6, 6.07) is 0. The molecular weight excluding hydrogens is 343 g/mol. The maximum absolute atomic E-state index is 14.8. The average molecular weight is 373 g/mol. The highest BCUT2D eigenvalue weighted by Crippen LogP contribution is 2.77. The van der Waals surface area contributed by atoms with E-state index in [0.29, 0.717) is 0 Å². The van der Waals surface area contributed by atoms with E-state index >= 15 is 0 Å². The van der Waals surface area contributed by atoms with Crippen LogP contribution >= 0.6 is 0 Å². The Morgan fingerprint density at radius 3 is 1.96 bits per heavy atom. The first-order valence-corrected chi connectivity index (χ1v) is 9.34. The van der Waals surface area contributed by atoms with Gasteiger partial charge in [0.2, 0.25) is 0 Å². The van der Waals surface area contributed by atoms with Gasteiger partial charge >= 0.3 is 13.2 Å². The maximum atomic E-state index is 14.8. The lowest BCUT2D eigenvalue weighted by Gasteiger charge is -2.34. The third kappa shape index (κ3) is 2.93. The summed E-state index contributed by atoms with van der Waals surface area (Å²) in [5.74, 6) is -3.80. The van der Waals surface area contributed by atoms with E-state index in [-0.39, 0.29) is 25.9 Å². The standard InChI is InChI=1S/C18H30BF2NO4/c1-14(2,3)24-13(23)22-10-8-17(9-11-22)12(18(17,20)21)19-25-15(4,5)16(6,7)26-19/h12H,8-11H2,1-7H3. The van der Waals surface area contributed by atoms with Gasteiger partial charge in [-0.2, -0.15) is 0 Å². The SMILES string of the molecule is CC(C)(C)OC(=O)N1CCC2(CC1)C(B1OC(C)(C)C(C)(C)O1)C2(F)F. The lowest BCUT2D eigenvalue weighted by atomic mass is 9.74. The van der Waals surface area contributed by atoms with Crippen molar-refractivity contribution in [2.75, 3.05) is 13.1 Å². The van der Waals surface area contributed by atoms with Crippen LogP contribution in [0.2, 0.25) is 5.82 Å². The van der Waals surface area contributed by atoms with Crippen LogP contribution in [-0.4, -0.2) is 53.9 Å². The number of piperidine rings is 1. The fourth-order valence-electron chi connectivity index (χ4n) is 4.06. The van der Waals surface area contributed by atoms with Crippen molar-refractivity contribution in [2.24, 2.45) is 5.41 Å². The van der Waals surface area contributed by atoms with Crippen LogP contribution in [0.1, 0.15) is 61.3 Å². The van der Waals surface area contributed by atoms with Gasteiger partial charge in [0.05, 0.1) is 17.0 Å². The van der Waals surface area contributed by atoms with E-state index in [1.165, 1.54) is 4.90 Å². The molecule has 3 fully saturated rings. The minimum atomic E-state index is -2.84. The molecule has 0 bridgehead atoms. The number of amides is 1. The normalized spacial score (nSPS) is 31.2. The molecule has 26 heavy (non-hydrogen) atoms. The quantitative estimate of drug-likeness (QED) is 0.649. The van der Waals surface area contributed by atoms with Gasteiger partial charge in [-0.25, -0.2) is 13.6 Å². The van der Waals surface area contributed by atoms with Gasteiger partial charge in [-0.15, -0.1) is 0 Å². The zero-order valence-electron chi connectivity index (χ0n) is 16.8.